The van der Waals surface area contributed by atoms with Gasteiger partial charge in [0, 0.05) is 0 Å². The molecule has 3 heterocycles. The molecule has 2 aromatic carbocycles. The van der Waals surface area contributed by atoms with Crippen molar-refractivity contribution in [1.29, 1.82) is 0 Å². The highest BCUT2D eigenvalue weighted by Gasteiger charge is 2.43. The van der Waals surface area contributed by atoms with Gasteiger partial charge in [0.2, 0.25) is 5.76 Å². The van der Waals surface area contributed by atoms with Crippen LogP contribution in [-0.2, 0) is 6.54 Å². The Morgan fingerprint density at radius 1 is 1.06 bits per heavy atom. The predicted molar refractivity (Wildman–Crippen MR) is 136 cm³/mol. The molecule has 36 heavy (non-hydrogen) atoms. The minimum absolute atomic E-state index is 0.0594. The number of hydrogen-bond acceptors (Lipinski definition) is 6. The fourth-order valence-corrected chi connectivity index (χ4v) is 4.59. The van der Waals surface area contributed by atoms with Crippen molar-refractivity contribution in [2.45, 2.75) is 39.8 Å². The molecule has 1 atom stereocenters. The van der Waals surface area contributed by atoms with E-state index in [1.165, 1.54) is 0 Å². The average molecular weight is 488 g/mol. The quantitative estimate of drug-likeness (QED) is 0.309. The van der Waals surface area contributed by atoms with Gasteiger partial charge in [-0.25, -0.2) is 0 Å². The van der Waals surface area contributed by atoms with Crippen LogP contribution in [0.25, 0.3) is 11.0 Å². The molecule has 1 amide bonds. The number of benzene rings is 2. The van der Waals surface area contributed by atoms with Crippen molar-refractivity contribution in [2.75, 3.05) is 13.7 Å². The molecule has 0 saturated carbocycles. The van der Waals surface area contributed by atoms with Crippen LogP contribution in [0, 0.1) is 12.8 Å². The van der Waals surface area contributed by atoms with Crippen LogP contribution in [0.5, 0.6) is 11.5 Å². The van der Waals surface area contributed by atoms with Crippen LogP contribution in [-0.4, -0.2) is 24.5 Å². The molecule has 5 rings (SSSR count). The Labute approximate surface area is 209 Å². The zero-order valence-electron chi connectivity index (χ0n) is 20.9. The summed E-state index contributed by atoms with van der Waals surface area (Å²) in [6, 6.07) is 13.8. The summed E-state index contributed by atoms with van der Waals surface area (Å²) in [6.45, 7) is 6.95. The number of nitrogens with zero attached hydrogens (tertiary/aromatic N) is 1. The van der Waals surface area contributed by atoms with Gasteiger partial charge in [-0.15, -0.1) is 0 Å². The first-order chi connectivity index (χ1) is 17.4. The van der Waals surface area contributed by atoms with E-state index in [1.54, 1.807) is 42.5 Å². The monoisotopic (exact) mass is 487 g/mol. The van der Waals surface area contributed by atoms with Gasteiger partial charge in [0.05, 0.1) is 43.5 Å². The van der Waals surface area contributed by atoms with Crippen LogP contribution in [0.4, 0.5) is 0 Å². The predicted octanol–water partition coefficient (Wildman–Crippen LogP) is 5.87. The van der Waals surface area contributed by atoms with E-state index in [1.807, 2.05) is 31.2 Å². The lowest BCUT2D eigenvalue weighted by molar-refractivity contribution is 0.0701. The highest BCUT2D eigenvalue weighted by molar-refractivity contribution is 5.99. The van der Waals surface area contributed by atoms with E-state index in [-0.39, 0.29) is 23.6 Å². The van der Waals surface area contributed by atoms with Crippen LogP contribution in [0.3, 0.4) is 0 Å². The SMILES string of the molecule is COc1cc(C2c3c(oc4ccc(C)cc4c3=O)C(=O)N2Cc2ccco2)ccc1OCCC(C)C. The number of amides is 1. The molecule has 0 saturated heterocycles. The van der Waals surface area contributed by atoms with Crippen molar-refractivity contribution in [3.8, 4) is 11.5 Å². The van der Waals surface area contributed by atoms with Gasteiger partial charge in [-0.05, 0) is 61.2 Å². The third-order valence-corrected chi connectivity index (χ3v) is 6.48. The number of aryl methyl sites for hydroxylation is 1. The lowest BCUT2D eigenvalue weighted by Crippen LogP contribution is -2.29. The van der Waals surface area contributed by atoms with Crippen molar-refractivity contribution < 1.29 is 23.1 Å². The third-order valence-electron chi connectivity index (χ3n) is 6.48. The number of hydrogen-bond donors (Lipinski definition) is 0. The molecule has 1 aliphatic rings. The molecule has 7 heteroatoms. The first kappa shape index (κ1) is 23.7. The minimum Gasteiger partial charge on any atom is -0.493 e. The van der Waals surface area contributed by atoms with Gasteiger partial charge in [-0.1, -0.05) is 31.5 Å². The maximum absolute atomic E-state index is 13.8. The summed E-state index contributed by atoms with van der Waals surface area (Å²) < 4.78 is 23.1. The Balaban J connectivity index is 1.63. The summed E-state index contributed by atoms with van der Waals surface area (Å²) in [5, 5.41) is 0.451. The Morgan fingerprint density at radius 3 is 2.61 bits per heavy atom. The Hall–Kier alpha value is -4.00. The minimum atomic E-state index is -0.669. The van der Waals surface area contributed by atoms with Gasteiger partial charge in [-0.2, -0.15) is 0 Å². The first-order valence-corrected chi connectivity index (χ1v) is 12.1. The van der Waals surface area contributed by atoms with Crippen molar-refractivity contribution in [3.63, 3.8) is 0 Å². The van der Waals surface area contributed by atoms with E-state index in [2.05, 4.69) is 13.8 Å². The van der Waals surface area contributed by atoms with Gasteiger partial charge < -0.3 is 23.2 Å². The van der Waals surface area contributed by atoms with Gasteiger partial charge in [-0.3, -0.25) is 9.59 Å². The molecule has 0 bridgehead atoms. The van der Waals surface area contributed by atoms with E-state index < -0.39 is 6.04 Å². The zero-order chi connectivity index (χ0) is 25.4. The lowest BCUT2D eigenvalue weighted by Gasteiger charge is -2.25. The Kier molecular flexibility index (Phi) is 6.31. The van der Waals surface area contributed by atoms with Crippen molar-refractivity contribution in [3.05, 3.63) is 93.2 Å². The maximum atomic E-state index is 13.8. The molecule has 1 aliphatic heterocycles. The number of methoxy groups -OCH3 is 1. The molecule has 1 unspecified atom stereocenters. The summed E-state index contributed by atoms with van der Waals surface area (Å²) in [5.74, 6) is 1.98. The number of rotatable bonds is 8. The molecule has 2 aromatic heterocycles. The fourth-order valence-electron chi connectivity index (χ4n) is 4.59. The molecule has 0 fully saturated rings. The van der Waals surface area contributed by atoms with E-state index in [0.29, 0.717) is 46.3 Å². The van der Waals surface area contributed by atoms with Crippen molar-refractivity contribution >= 4 is 16.9 Å². The zero-order valence-corrected chi connectivity index (χ0v) is 20.9. The first-order valence-electron chi connectivity index (χ1n) is 12.1. The highest BCUT2D eigenvalue weighted by Crippen LogP contribution is 2.41. The van der Waals surface area contributed by atoms with E-state index in [9.17, 15) is 9.59 Å². The summed E-state index contributed by atoms with van der Waals surface area (Å²) in [6.07, 6.45) is 2.48. The van der Waals surface area contributed by atoms with E-state index in [0.717, 1.165) is 17.5 Å². The second kappa shape index (κ2) is 9.57. The van der Waals surface area contributed by atoms with Crippen molar-refractivity contribution in [1.82, 2.24) is 4.90 Å². The van der Waals surface area contributed by atoms with E-state index in [4.69, 9.17) is 18.3 Å². The molecular formula is C29H29NO6. The molecule has 0 radical (unpaired) electrons. The smallest absolute Gasteiger partial charge is 0.291 e. The molecule has 186 valence electrons. The van der Waals surface area contributed by atoms with Crippen LogP contribution >= 0.6 is 0 Å². The van der Waals surface area contributed by atoms with Crippen LogP contribution in [0.15, 0.2) is 68.4 Å². The number of furan rings is 1. The van der Waals surface area contributed by atoms with Gasteiger partial charge in [0.15, 0.2) is 16.9 Å². The lowest BCUT2D eigenvalue weighted by atomic mass is 9.97. The van der Waals surface area contributed by atoms with Crippen LogP contribution in [0.2, 0.25) is 0 Å². The molecule has 0 spiro atoms. The maximum Gasteiger partial charge on any atom is 0.291 e. The van der Waals surface area contributed by atoms with E-state index >= 15 is 0 Å². The van der Waals surface area contributed by atoms with Crippen molar-refractivity contribution in [2.24, 2.45) is 5.92 Å². The van der Waals surface area contributed by atoms with Gasteiger partial charge in [0.1, 0.15) is 11.3 Å². The molecular weight excluding hydrogens is 458 g/mol. The number of ether oxygens (including phenoxy) is 2. The van der Waals surface area contributed by atoms with Gasteiger partial charge in [0.25, 0.3) is 5.91 Å². The second-order valence-electron chi connectivity index (χ2n) is 9.53. The highest BCUT2D eigenvalue weighted by atomic mass is 16.5. The normalized spacial score (nSPS) is 15.1. The molecule has 4 aromatic rings. The molecule has 0 N–H and O–H groups in total. The number of carbonyl (C=O) groups is 1. The largest absolute Gasteiger partial charge is 0.493 e. The van der Waals surface area contributed by atoms with Crippen LogP contribution in [0.1, 0.15) is 59.3 Å². The fraction of sp³-hybridized carbons (Fsp3) is 0.310. The average Bonchev–Trinajstić information content (AvgIpc) is 3.47. The summed E-state index contributed by atoms with van der Waals surface area (Å²) in [7, 11) is 1.58. The number of carbonyl (C=O) groups excluding carboxylic acids is 1. The summed E-state index contributed by atoms with van der Waals surface area (Å²) in [5.41, 5.74) is 2.16. The van der Waals surface area contributed by atoms with Gasteiger partial charge >= 0.3 is 0 Å². The number of fused-ring (bicyclic) bond motifs is 2. The van der Waals surface area contributed by atoms with Crippen LogP contribution < -0.4 is 14.9 Å². The summed E-state index contributed by atoms with van der Waals surface area (Å²) >= 11 is 0. The topological polar surface area (TPSA) is 82.1 Å². The molecule has 7 nitrogen and oxygen atoms in total. The Morgan fingerprint density at radius 2 is 1.89 bits per heavy atom. The third kappa shape index (κ3) is 4.26. The second-order valence-corrected chi connectivity index (χ2v) is 9.53. The Bertz CT molecular complexity index is 1470. The molecule has 0 aliphatic carbocycles. The summed E-state index contributed by atoms with van der Waals surface area (Å²) in [4.78, 5) is 29.0. The standard InChI is InChI=1S/C29H29NO6/c1-17(2)11-13-35-23-10-8-19(15-24(23)33-4)26-25-27(31)21-14-18(3)7-9-22(21)36-28(25)29(32)30(26)16-20-6-5-12-34-20/h5-10,12,14-15,17,26H,11,13,16H2,1-4H3.